The van der Waals surface area contributed by atoms with Crippen LogP contribution >= 0.6 is 0 Å². The zero-order valence-electron chi connectivity index (χ0n) is 18.4. The number of carbonyl (C=O) groups is 3. The largest absolute Gasteiger partial charge is 0.352 e. The van der Waals surface area contributed by atoms with Gasteiger partial charge in [-0.05, 0) is 55.4 Å². The Morgan fingerprint density at radius 2 is 1.80 bits per heavy atom. The summed E-state index contributed by atoms with van der Waals surface area (Å²) in [6.45, 7) is 6.68. The van der Waals surface area contributed by atoms with E-state index in [-0.39, 0.29) is 24.4 Å². The standard InChI is InChI=1S/C24H35N3O3/c1-4-24(2,3)18-11-13-19(14-12-18)25-21(28)16-27-22(29)20(26-23(27)30)15-10-17-8-6-5-7-9-17/h5-9,18-20H,4,10-16H2,1-3H3,(H,25,28)(H,26,30)/t18?,19?,20-/m1/s1. The molecule has 2 N–H and O–H groups in total. The molecule has 4 amide bonds. The molecule has 0 radical (unpaired) electrons. The Hall–Kier alpha value is -2.37. The van der Waals surface area contributed by atoms with Crippen molar-refractivity contribution in [2.75, 3.05) is 6.54 Å². The van der Waals surface area contributed by atoms with E-state index in [9.17, 15) is 14.4 Å². The Bertz CT molecular complexity index is 754. The highest BCUT2D eigenvalue weighted by Crippen LogP contribution is 2.40. The second-order valence-corrected chi connectivity index (χ2v) is 9.41. The molecule has 0 aromatic heterocycles. The molecule has 1 aromatic rings. The highest BCUT2D eigenvalue weighted by atomic mass is 16.2. The number of aryl methyl sites for hydroxylation is 1. The smallest absolute Gasteiger partial charge is 0.325 e. The summed E-state index contributed by atoms with van der Waals surface area (Å²) in [7, 11) is 0. The van der Waals surface area contributed by atoms with E-state index in [1.807, 2.05) is 30.3 Å². The first kappa shape index (κ1) is 22.3. The van der Waals surface area contributed by atoms with Crippen molar-refractivity contribution in [3.8, 4) is 0 Å². The first-order valence-electron chi connectivity index (χ1n) is 11.3. The maximum Gasteiger partial charge on any atom is 0.325 e. The van der Waals surface area contributed by atoms with Gasteiger partial charge in [0.25, 0.3) is 5.91 Å². The third kappa shape index (κ3) is 5.41. The summed E-state index contributed by atoms with van der Waals surface area (Å²) in [4.78, 5) is 38.4. The van der Waals surface area contributed by atoms with E-state index in [4.69, 9.17) is 0 Å². The molecule has 1 atom stereocenters. The Morgan fingerprint density at radius 1 is 1.13 bits per heavy atom. The number of rotatable bonds is 8. The molecule has 1 aliphatic carbocycles. The SMILES string of the molecule is CCC(C)(C)C1CCC(NC(=O)CN2C(=O)N[C@H](CCc3ccccc3)C2=O)CC1. The van der Waals surface area contributed by atoms with Gasteiger partial charge >= 0.3 is 6.03 Å². The van der Waals surface area contributed by atoms with Crippen LogP contribution in [0.3, 0.4) is 0 Å². The van der Waals surface area contributed by atoms with Gasteiger partial charge in [0.05, 0.1) is 0 Å². The number of hydrogen-bond acceptors (Lipinski definition) is 3. The number of imide groups is 1. The van der Waals surface area contributed by atoms with E-state index in [1.165, 1.54) is 0 Å². The van der Waals surface area contributed by atoms with Crippen LogP contribution in [-0.2, 0) is 16.0 Å². The topological polar surface area (TPSA) is 78.5 Å². The van der Waals surface area contributed by atoms with Gasteiger partial charge < -0.3 is 10.6 Å². The lowest BCUT2D eigenvalue weighted by Crippen LogP contribution is -2.46. The number of hydrogen-bond donors (Lipinski definition) is 2. The highest BCUT2D eigenvalue weighted by Gasteiger charge is 2.39. The molecular weight excluding hydrogens is 378 g/mol. The molecule has 0 unspecified atom stereocenters. The molecule has 6 nitrogen and oxygen atoms in total. The quantitative estimate of drug-likeness (QED) is 0.639. The van der Waals surface area contributed by atoms with Crippen LogP contribution in [0.2, 0.25) is 0 Å². The maximum atomic E-state index is 12.6. The molecule has 2 aliphatic rings. The van der Waals surface area contributed by atoms with Crippen molar-refractivity contribution in [2.24, 2.45) is 11.3 Å². The Kier molecular flexibility index (Phi) is 7.16. The molecule has 6 heteroatoms. The summed E-state index contributed by atoms with van der Waals surface area (Å²) >= 11 is 0. The summed E-state index contributed by atoms with van der Waals surface area (Å²) in [6, 6.07) is 8.97. The fraction of sp³-hybridized carbons (Fsp3) is 0.625. The number of urea groups is 1. The Morgan fingerprint density at radius 3 is 2.43 bits per heavy atom. The van der Waals surface area contributed by atoms with Crippen LogP contribution in [0.1, 0.15) is 64.9 Å². The molecular formula is C24H35N3O3. The van der Waals surface area contributed by atoms with Gasteiger partial charge in [-0.3, -0.25) is 14.5 Å². The Balaban J connectivity index is 1.45. The maximum absolute atomic E-state index is 12.6. The third-order valence-corrected chi connectivity index (χ3v) is 7.08. The minimum Gasteiger partial charge on any atom is -0.352 e. The lowest BCUT2D eigenvalue weighted by Gasteiger charge is -2.39. The van der Waals surface area contributed by atoms with Gasteiger partial charge in [0.2, 0.25) is 5.91 Å². The molecule has 0 spiro atoms. The van der Waals surface area contributed by atoms with Crippen molar-refractivity contribution in [1.82, 2.24) is 15.5 Å². The number of amides is 4. The van der Waals surface area contributed by atoms with Gasteiger partial charge in [-0.15, -0.1) is 0 Å². The number of nitrogens with zero attached hydrogens (tertiary/aromatic N) is 1. The van der Waals surface area contributed by atoms with Gasteiger partial charge in [-0.25, -0.2) is 4.79 Å². The minimum atomic E-state index is -0.558. The van der Waals surface area contributed by atoms with Gasteiger partial charge in [-0.1, -0.05) is 57.5 Å². The molecule has 30 heavy (non-hydrogen) atoms. The van der Waals surface area contributed by atoms with Crippen molar-refractivity contribution < 1.29 is 14.4 Å². The van der Waals surface area contributed by atoms with Crippen LogP contribution in [0.4, 0.5) is 4.79 Å². The van der Waals surface area contributed by atoms with Crippen LogP contribution < -0.4 is 10.6 Å². The second-order valence-electron chi connectivity index (χ2n) is 9.41. The summed E-state index contributed by atoms with van der Waals surface area (Å²) in [5, 5.41) is 5.76. The van der Waals surface area contributed by atoms with E-state index in [0.717, 1.165) is 42.6 Å². The Labute approximate surface area is 179 Å². The summed E-state index contributed by atoms with van der Waals surface area (Å²) < 4.78 is 0. The molecule has 1 aliphatic heterocycles. The molecule has 164 valence electrons. The number of nitrogens with one attached hydrogen (secondary N) is 2. The molecule has 2 fully saturated rings. The van der Waals surface area contributed by atoms with Gasteiger partial charge in [-0.2, -0.15) is 0 Å². The van der Waals surface area contributed by atoms with Crippen molar-refractivity contribution in [3.63, 3.8) is 0 Å². The fourth-order valence-corrected chi connectivity index (χ4v) is 4.60. The zero-order valence-corrected chi connectivity index (χ0v) is 18.4. The van der Waals surface area contributed by atoms with Crippen molar-refractivity contribution in [1.29, 1.82) is 0 Å². The zero-order chi connectivity index (χ0) is 21.7. The molecule has 1 saturated carbocycles. The van der Waals surface area contributed by atoms with Crippen molar-refractivity contribution in [2.45, 2.75) is 77.8 Å². The average Bonchev–Trinajstić information content (AvgIpc) is 3.01. The molecule has 3 rings (SSSR count). The first-order valence-corrected chi connectivity index (χ1v) is 11.3. The first-order chi connectivity index (χ1) is 14.3. The van der Waals surface area contributed by atoms with Crippen LogP contribution in [0.15, 0.2) is 30.3 Å². The van der Waals surface area contributed by atoms with E-state index < -0.39 is 12.1 Å². The van der Waals surface area contributed by atoms with Crippen molar-refractivity contribution >= 4 is 17.8 Å². The van der Waals surface area contributed by atoms with Gasteiger partial charge in [0, 0.05) is 6.04 Å². The minimum absolute atomic E-state index is 0.135. The second kappa shape index (κ2) is 9.63. The molecule has 0 bridgehead atoms. The van der Waals surface area contributed by atoms with Crippen LogP contribution in [0.5, 0.6) is 0 Å². The average molecular weight is 414 g/mol. The third-order valence-electron chi connectivity index (χ3n) is 7.08. The molecule has 1 saturated heterocycles. The summed E-state index contributed by atoms with van der Waals surface area (Å²) in [5.74, 6) is 0.131. The van der Waals surface area contributed by atoms with E-state index >= 15 is 0 Å². The highest BCUT2D eigenvalue weighted by molar-refractivity contribution is 6.06. The van der Waals surface area contributed by atoms with Crippen LogP contribution in [0.25, 0.3) is 0 Å². The lowest BCUT2D eigenvalue weighted by molar-refractivity contribution is -0.132. The number of benzene rings is 1. The van der Waals surface area contributed by atoms with Gasteiger partial charge in [0.1, 0.15) is 12.6 Å². The van der Waals surface area contributed by atoms with Crippen molar-refractivity contribution in [3.05, 3.63) is 35.9 Å². The van der Waals surface area contributed by atoms with Crippen LogP contribution in [0, 0.1) is 11.3 Å². The fourth-order valence-electron chi connectivity index (χ4n) is 4.60. The number of carbonyl (C=O) groups excluding carboxylic acids is 3. The summed E-state index contributed by atoms with van der Waals surface area (Å²) in [6.07, 6.45) is 6.53. The normalized spacial score (nSPS) is 24.6. The monoisotopic (exact) mass is 413 g/mol. The molecule has 1 heterocycles. The van der Waals surface area contributed by atoms with Crippen LogP contribution in [-0.4, -0.2) is 41.4 Å². The van der Waals surface area contributed by atoms with E-state index in [0.29, 0.717) is 24.2 Å². The predicted molar refractivity (Wildman–Crippen MR) is 117 cm³/mol. The lowest BCUT2D eigenvalue weighted by atomic mass is 9.69. The predicted octanol–water partition coefficient (Wildman–Crippen LogP) is 3.65. The summed E-state index contributed by atoms with van der Waals surface area (Å²) in [5.41, 5.74) is 1.46. The van der Waals surface area contributed by atoms with Gasteiger partial charge in [0.15, 0.2) is 0 Å². The van der Waals surface area contributed by atoms with E-state index in [2.05, 4.69) is 31.4 Å². The molecule has 1 aromatic carbocycles. The van der Waals surface area contributed by atoms with E-state index in [1.54, 1.807) is 0 Å².